The molecule has 61 heavy (non-hydrogen) atoms. The Labute approximate surface area is 360 Å². The number of carbonyl (C=O) groups is 3. The fraction of sp³-hybridized carbons (Fsp3) is 0.385. The number of benzene rings is 4. The lowest BCUT2D eigenvalue weighted by atomic mass is 9.81. The van der Waals surface area contributed by atoms with Gasteiger partial charge in [0.1, 0.15) is 6.04 Å². The molecule has 1 fully saturated rings. The standard InChI is InChI=1S/C52H59N3O6/c1-9-59-45(56)30-32-54-41-26-22-35-16-12-14-18-39(35)47(41)51(5,6)43(54)28-24-37-20-21-38(49(37)53-34(4)50(58)61-11-3)25-29-44-52(7,8)48-40-19-15-13-17-36(40)23-27-42(48)55(44)33-31-46(57)60-10-2/h12-19,22-29,34H,9-11,20-21,30-33H2,1-8H3/b37-24+,38-25+,43-28+,44-29+. The number of anilines is 2. The van der Waals surface area contributed by atoms with Crippen LogP contribution in [0.3, 0.4) is 0 Å². The van der Waals surface area contributed by atoms with Gasteiger partial charge in [0, 0.05) is 46.7 Å². The van der Waals surface area contributed by atoms with Gasteiger partial charge < -0.3 is 24.0 Å². The molecule has 9 nitrogen and oxygen atoms in total. The smallest absolute Gasteiger partial charge is 0.330 e. The second kappa shape index (κ2) is 17.9. The lowest BCUT2D eigenvalue weighted by Crippen LogP contribution is -2.28. The monoisotopic (exact) mass is 821 g/mol. The second-order valence-corrected chi connectivity index (χ2v) is 16.9. The van der Waals surface area contributed by atoms with Crippen molar-refractivity contribution in [3.63, 3.8) is 0 Å². The molecule has 0 saturated heterocycles. The van der Waals surface area contributed by atoms with E-state index in [-0.39, 0.29) is 48.2 Å². The van der Waals surface area contributed by atoms with Crippen LogP contribution in [0.15, 0.2) is 125 Å². The number of hydrogen-bond acceptors (Lipinski definition) is 9. The van der Waals surface area contributed by atoms with E-state index in [1.165, 1.54) is 32.7 Å². The largest absolute Gasteiger partial charge is 0.466 e. The molecule has 3 aliphatic rings. The molecule has 0 spiro atoms. The predicted octanol–water partition coefficient (Wildman–Crippen LogP) is 10.6. The summed E-state index contributed by atoms with van der Waals surface area (Å²) < 4.78 is 16.1. The first-order valence-corrected chi connectivity index (χ1v) is 21.8. The van der Waals surface area contributed by atoms with Gasteiger partial charge in [-0.25, -0.2) is 4.79 Å². The van der Waals surface area contributed by atoms with E-state index in [4.69, 9.17) is 19.2 Å². The quantitative estimate of drug-likeness (QED) is 0.0971. The zero-order valence-electron chi connectivity index (χ0n) is 37.0. The number of ether oxygens (including phenoxy) is 3. The van der Waals surface area contributed by atoms with Crippen LogP contribution in [0, 0.1) is 0 Å². The number of allylic oxidation sites excluding steroid dienone is 8. The van der Waals surface area contributed by atoms with Crippen molar-refractivity contribution in [2.24, 2.45) is 4.99 Å². The van der Waals surface area contributed by atoms with Crippen LogP contribution in [0.5, 0.6) is 0 Å². The maximum Gasteiger partial charge on any atom is 0.330 e. The minimum absolute atomic E-state index is 0.226. The van der Waals surface area contributed by atoms with Gasteiger partial charge in [-0.2, -0.15) is 0 Å². The first-order valence-electron chi connectivity index (χ1n) is 21.8. The molecule has 0 radical (unpaired) electrons. The van der Waals surface area contributed by atoms with Gasteiger partial charge in [0.05, 0.1) is 38.4 Å². The van der Waals surface area contributed by atoms with E-state index >= 15 is 0 Å². The Morgan fingerprint density at radius 1 is 0.623 bits per heavy atom. The molecule has 4 aromatic rings. The molecule has 0 N–H and O–H groups in total. The Morgan fingerprint density at radius 2 is 1.05 bits per heavy atom. The summed E-state index contributed by atoms with van der Waals surface area (Å²) in [5.74, 6) is -0.822. The van der Waals surface area contributed by atoms with Crippen LogP contribution in [-0.2, 0) is 39.4 Å². The molecule has 0 aromatic heterocycles. The summed E-state index contributed by atoms with van der Waals surface area (Å²) in [6, 6.07) is 24.8. The Hall–Kier alpha value is -5.96. The summed E-state index contributed by atoms with van der Waals surface area (Å²) in [6.45, 7) is 18.1. The summed E-state index contributed by atoms with van der Waals surface area (Å²) in [6.07, 6.45) is 10.6. The predicted molar refractivity (Wildman–Crippen MR) is 246 cm³/mol. The minimum atomic E-state index is -0.709. The molecule has 1 saturated carbocycles. The van der Waals surface area contributed by atoms with Crippen LogP contribution >= 0.6 is 0 Å². The highest BCUT2D eigenvalue weighted by Gasteiger charge is 2.43. The molecule has 1 aliphatic carbocycles. The van der Waals surface area contributed by atoms with Gasteiger partial charge in [0.25, 0.3) is 0 Å². The highest BCUT2D eigenvalue weighted by atomic mass is 16.5. The van der Waals surface area contributed by atoms with Crippen LogP contribution in [0.1, 0.15) is 92.2 Å². The van der Waals surface area contributed by atoms with Gasteiger partial charge >= 0.3 is 17.9 Å². The van der Waals surface area contributed by atoms with E-state index in [9.17, 15) is 14.4 Å². The van der Waals surface area contributed by atoms with Crippen LogP contribution in [0.2, 0.25) is 0 Å². The number of hydrogen-bond donors (Lipinski definition) is 0. The van der Waals surface area contributed by atoms with Crippen molar-refractivity contribution in [2.45, 2.75) is 97.9 Å². The van der Waals surface area contributed by atoms with Crippen LogP contribution in [0.25, 0.3) is 21.5 Å². The zero-order chi connectivity index (χ0) is 43.5. The van der Waals surface area contributed by atoms with Crippen molar-refractivity contribution in [3.8, 4) is 0 Å². The molecular weight excluding hydrogens is 763 g/mol. The third-order valence-corrected chi connectivity index (χ3v) is 12.3. The topological polar surface area (TPSA) is 97.7 Å². The highest BCUT2D eigenvalue weighted by molar-refractivity contribution is 6.15. The van der Waals surface area contributed by atoms with Crippen molar-refractivity contribution in [2.75, 3.05) is 42.7 Å². The third-order valence-electron chi connectivity index (χ3n) is 12.3. The van der Waals surface area contributed by atoms with E-state index in [0.29, 0.717) is 26.3 Å². The maximum absolute atomic E-state index is 13.1. The lowest BCUT2D eigenvalue weighted by Gasteiger charge is -2.27. The molecule has 2 heterocycles. The normalized spacial score (nSPS) is 19.6. The summed E-state index contributed by atoms with van der Waals surface area (Å²) >= 11 is 0. The van der Waals surface area contributed by atoms with E-state index in [1.54, 1.807) is 13.8 Å². The van der Waals surface area contributed by atoms with Crippen molar-refractivity contribution in [3.05, 3.63) is 131 Å². The zero-order valence-corrected chi connectivity index (χ0v) is 37.0. The summed E-state index contributed by atoms with van der Waals surface area (Å²) in [5.41, 5.74) is 8.81. The molecule has 7 rings (SSSR count). The van der Waals surface area contributed by atoms with Crippen LogP contribution in [0.4, 0.5) is 11.4 Å². The molecule has 9 heteroatoms. The SMILES string of the molecule is CCOC(=O)CCN1/C(=C/C=C2\CC/C(=C\C=C3\N(CCC(=O)OCC)c4ccc5ccccc5c4C3(C)C)C2=NC(C)C(=O)OCC)C(C)(C)c2c1ccc1ccccc21. The van der Waals surface area contributed by atoms with Gasteiger partial charge in [-0.05, 0) is 109 Å². The molecule has 2 aliphatic heterocycles. The van der Waals surface area contributed by atoms with Crippen molar-refractivity contribution in [1.82, 2.24) is 0 Å². The summed E-state index contributed by atoms with van der Waals surface area (Å²) in [7, 11) is 0. The fourth-order valence-corrected chi connectivity index (χ4v) is 9.50. The van der Waals surface area contributed by atoms with Gasteiger partial charge in [0.2, 0.25) is 0 Å². The Balaban J connectivity index is 1.32. The first-order chi connectivity index (χ1) is 29.3. The van der Waals surface area contributed by atoms with E-state index in [2.05, 4.69) is 135 Å². The number of rotatable bonds is 13. The van der Waals surface area contributed by atoms with E-state index < -0.39 is 6.04 Å². The van der Waals surface area contributed by atoms with Crippen molar-refractivity contribution in [1.29, 1.82) is 0 Å². The van der Waals surface area contributed by atoms with Crippen LogP contribution in [-0.4, -0.2) is 62.6 Å². The minimum Gasteiger partial charge on any atom is -0.466 e. The van der Waals surface area contributed by atoms with Crippen molar-refractivity contribution >= 4 is 56.5 Å². The van der Waals surface area contributed by atoms with Gasteiger partial charge in [0.15, 0.2) is 0 Å². The molecular formula is C52H59N3O6. The number of fused-ring (bicyclic) bond motifs is 6. The molecule has 318 valence electrons. The lowest BCUT2D eigenvalue weighted by molar-refractivity contribution is -0.144. The summed E-state index contributed by atoms with van der Waals surface area (Å²) in [5, 5.41) is 4.71. The fourth-order valence-electron chi connectivity index (χ4n) is 9.50. The Morgan fingerprint density at radius 3 is 1.48 bits per heavy atom. The van der Waals surface area contributed by atoms with E-state index in [0.717, 1.165) is 52.5 Å². The Kier molecular flexibility index (Phi) is 12.7. The number of esters is 3. The first kappa shape index (κ1) is 43.1. The van der Waals surface area contributed by atoms with Gasteiger partial charge in [-0.1, -0.05) is 101 Å². The Bertz CT molecular complexity index is 2360. The molecule has 0 bridgehead atoms. The second-order valence-electron chi connectivity index (χ2n) is 16.9. The van der Waals surface area contributed by atoms with Crippen LogP contribution < -0.4 is 9.80 Å². The molecule has 0 amide bonds. The van der Waals surface area contributed by atoms with E-state index in [1.807, 2.05) is 13.8 Å². The summed E-state index contributed by atoms with van der Waals surface area (Å²) in [4.78, 5) is 48.1. The highest BCUT2D eigenvalue weighted by Crippen LogP contribution is 2.52. The number of aliphatic imine (C=N–C) groups is 1. The number of nitrogens with zero attached hydrogens (tertiary/aromatic N) is 3. The molecule has 1 atom stereocenters. The van der Waals surface area contributed by atoms with Gasteiger partial charge in [-0.3, -0.25) is 14.6 Å². The molecule has 1 unspecified atom stereocenters. The molecule has 4 aromatic carbocycles. The van der Waals surface area contributed by atoms with Gasteiger partial charge in [-0.15, -0.1) is 0 Å². The number of carbonyl (C=O) groups excluding carboxylic acids is 3. The maximum atomic E-state index is 13.1. The average molecular weight is 822 g/mol. The van der Waals surface area contributed by atoms with Crippen molar-refractivity contribution < 1.29 is 28.6 Å². The average Bonchev–Trinajstić information content (AvgIpc) is 3.80. The third kappa shape index (κ3) is 8.39.